The zero-order valence-electron chi connectivity index (χ0n) is 14.6. The molecular weight excluding hydrogens is 366 g/mol. The van der Waals surface area contributed by atoms with Crippen LogP contribution in [-0.4, -0.2) is 37.8 Å². The van der Waals surface area contributed by atoms with Gasteiger partial charge in [0.2, 0.25) is 0 Å². The fraction of sp³-hybridized carbons (Fsp3) is 0.300. The van der Waals surface area contributed by atoms with E-state index in [0.29, 0.717) is 24.0 Å². The molecule has 1 fully saturated rings. The predicted octanol–water partition coefficient (Wildman–Crippen LogP) is 2.06. The van der Waals surface area contributed by atoms with Gasteiger partial charge in [0.25, 0.3) is 5.91 Å². The molecule has 0 aromatic heterocycles. The van der Waals surface area contributed by atoms with Crippen LogP contribution in [0.1, 0.15) is 44.4 Å². The maximum atomic E-state index is 12.5. The average molecular weight is 385 g/mol. The third-order valence-electron chi connectivity index (χ3n) is 4.98. The van der Waals surface area contributed by atoms with Crippen molar-refractivity contribution in [1.82, 2.24) is 5.32 Å². The molecule has 0 radical (unpaired) electrons. The summed E-state index contributed by atoms with van der Waals surface area (Å²) >= 11 is 0. The van der Waals surface area contributed by atoms with Crippen molar-refractivity contribution in [2.75, 3.05) is 11.5 Å². The lowest BCUT2D eigenvalue weighted by atomic mass is 9.93. The van der Waals surface area contributed by atoms with Crippen LogP contribution in [-0.2, 0) is 21.0 Å². The Labute approximate surface area is 157 Å². The highest BCUT2D eigenvalue weighted by atomic mass is 32.2. The second-order valence-corrected chi connectivity index (χ2v) is 9.18. The van der Waals surface area contributed by atoms with E-state index >= 15 is 0 Å². The Morgan fingerprint density at radius 2 is 1.89 bits per heavy atom. The minimum absolute atomic E-state index is 0.0217. The minimum atomic E-state index is -3.06. The molecule has 1 amide bonds. The topological polar surface area (TPSA) is 89.5 Å². The van der Waals surface area contributed by atoms with Gasteiger partial charge in [-0.3, -0.25) is 4.79 Å². The molecule has 140 valence electrons. The van der Waals surface area contributed by atoms with Crippen molar-refractivity contribution in [1.29, 1.82) is 0 Å². The number of benzene rings is 2. The van der Waals surface area contributed by atoms with E-state index in [2.05, 4.69) is 5.32 Å². The molecule has 2 aromatic carbocycles. The number of fused-ring (bicyclic) bond motifs is 1. The highest BCUT2D eigenvalue weighted by molar-refractivity contribution is 7.91. The van der Waals surface area contributed by atoms with Crippen molar-refractivity contribution >= 4 is 21.7 Å². The molecule has 0 spiro atoms. The first-order chi connectivity index (χ1) is 12.9. The van der Waals surface area contributed by atoms with Crippen LogP contribution in [0.25, 0.3) is 0 Å². The number of carbonyl (C=O) groups is 2. The van der Waals surface area contributed by atoms with Crippen LogP contribution >= 0.6 is 0 Å². The first kappa shape index (κ1) is 17.7. The SMILES string of the molecule is O=C(N[C@@H]1CCS(=O)(=O)C1)c1ccc2c(c1)C[C@H](c1ccccc1)OC2=O. The second-order valence-electron chi connectivity index (χ2n) is 6.95. The Kier molecular flexibility index (Phi) is 4.47. The molecule has 1 N–H and O–H groups in total. The molecule has 2 atom stereocenters. The molecule has 0 unspecified atom stereocenters. The van der Waals surface area contributed by atoms with Gasteiger partial charge in [-0.05, 0) is 35.7 Å². The van der Waals surface area contributed by atoms with Crippen molar-refractivity contribution in [3.8, 4) is 0 Å². The molecule has 2 aromatic rings. The Morgan fingerprint density at radius 3 is 2.59 bits per heavy atom. The molecule has 2 aliphatic heterocycles. The quantitative estimate of drug-likeness (QED) is 0.817. The van der Waals surface area contributed by atoms with Gasteiger partial charge in [0, 0.05) is 18.0 Å². The first-order valence-corrected chi connectivity index (χ1v) is 10.6. The van der Waals surface area contributed by atoms with E-state index in [9.17, 15) is 18.0 Å². The summed E-state index contributed by atoms with van der Waals surface area (Å²) in [6.45, 7) is 0. The second kappa shape index (κ2) is 6.81. The number of carbonyl (C=O) groups excluding carboxylic acids is 2. The fourth-order valence-electron chi connectivity index (χ4n) is 3.57. The van der Waals surface area contributed by atoms with Gasteiger partial charge in [-0.25, -0.2) is 13.2 Å². The summed E-state index contributed by atoms with van der Waals surface area (Å²) in [5.74, 6) is -0.646. The number of sulfone groups is 1. The Balaban J connectivity index is 1.54. The van der Waals surface area contributed by atoms with Crippen LogP contribution in [0.4, 0.5) is 0 Å². The molecule has 0 saturated carbocycles. The van der Waals surface area contributed by atoms with Gasteiger partial charge in [0.05, 0.1) is 17.1 Å². The molecular formula is C20H19NO5S. The van der Waals surface area contributed by atoms with Crippen LogP contribution < -0.4 is 5.32 Å². The number of amides is 1. The zero-order valence-corrected chi connectivity index (χ0v) is 15.4. The highest BCUT2D eigenvalue weighted by Crippen LogP contribution is 2.31. The number of nitrogens with one attached hydrogen (secondary N) is 1. The number of esters is 1. The predicted molar refractivity (Wildman–Crippen MR) is 99.3 cm³/mol. The number of hydrogen-bond acceptors (Lipinski definition) is 5. The zero-order chi connectivity index (χ0) is 19.0. The number of hydrogen-bond donors (Lipinski definition) is 1. The molecule has 7 heteroatoms. The van der Waals surface area contributed by atoms with Gasteiger partial charge in [-0.2, -0.15) is 0 Å². The Hall–Kier alpha value is -2.67. The molecule has 0 aliphatic carbocycles. The van der Waals surface area contributed by atoms with Crippen molar-refractivity contribution < 1.29 is 22.7 Å². The summed E-state index contributed by atoms with van der Waals surface area (Å²) < 4.78 is 28.6. The summed E-state index contributed by atoms with van der Waals surface area (Å²) in [5.41, 5.74) is 2.54. The maximum absolute atomic E-state index is 12.5. The summed E-state index contributed by atoms with van der Waals surface area (Å²) in [5, 5.41) is 2.78. The van der Waals surface area contributed by atoms with Crippen molar-refractivity contribution in [3.63, 3.8) is 0 Å². The van der Waals surface area contributed by atoms with E-state index in [-0.39, 0.29) is 29.6 Å². The van der Waals surface area contributed by atoms with Gasteiger partial charge in [0.1, 0.15) is 6.10 Å². The van der Waals surface area contributed by atoms with Gasteiger partial charge >= 0.3 is 5.97 Å². The van der Waals surface area contributed by atoms with Gasteiger partial charge < -0.3 is 10.1 Å². The molecule has 6 nitrogen and oxygen atoms in total. The van der Waals surface area contributed by atoms with E-state index < -0.39 is 15.8 Å². The largest absolute Gasteiger partial charge is 0.454 e. The lowest BCUT2D eigenvalue weighted by Gasteiger charge is -2.25. The minimum Gasteiger partial charge on any atom is -0.454 e. The fourth-order valence-corrected chi connectivity index (χ4v) is 5.24. The van der Waals surface area contributed by atoms with Crippen molar-refractivity contribution in [3.05, 3.63) is 70.8 Å². The summed E-state index contributed by atoms with van der Waals surface area (Å²) in [6, 6.07) is 14.0. The number of cyclic esters (lactones) is 1. The lowest BCUT2D eigenvalue weighted by Crippen LogP contribution is -2.35. The summed E-state index contributed by atoms with van der Waals surface area (Å²) in [7, 11) is -3.06. The third-order valence-corrected chi connectivity index (χ3v) is 6.75. The number of rotatable bonds is 3. The van der Waals surface area contributed by atoms with Gasteiger partial charge in [-0.15, -0.1) is 0 Å². The Bertz CT molecular complexity index is 1000. The maximum Gasteiger partial charge on any atom is 0.339 e. The van der Waals surface area contributed by atoms with Crippen LogP contribution in [0.3, 0.4) is 0 Å². The lowest BCUT2D eigenvalue weighted by molar-refractivity contribution is 0.0252. The summed E-state index contributed by atoms with van der Waals surface area (Å²) in [4.78, 5) is 24.8. The van der Waals surface area contributed by atoms with Gasteiger partial charge in [-0.1, -0.05) is 30.3 Å². The smallest absolute Gasteiger partial charge is 0.339 e. The van der Waals surface area contributed by atoms with Crippen molar-refractivity contribution in [2.24, 2.45) is 0 Å². The molecule has 1 saturated heterocycles. The van der Waals surface area contributed by atoms with E-state index in [1.54, 1.807) is 18.2 Å². The van der Waals surface area contributed by atoms with E-state index in [4.69, 9.17) is 4.74 Å². The first-order valence-electron chi connectivity index (χ1n) is 8.81. The van der Waals surface area contributed by atoms with Crippen LogP contribution in [0.2, 0.25) is 0 Å². The average Bonchev–Trinajstić information content (AvgIpc) is 3.00. The molecule has 4 rings (SSSR count). The van der Waals surface area contributed by atoms with Gasteiger partial charge in [0.15, 0.2) is 9.84 Å². The van der Waals surface area contributed by atoms with Crippen LogP contribution in [0.15, 0.2) is 48.5 Å². The normalized spacial score (nSPS) is 23.3. The Morgan fingerprint density at radius 1 is 1.11 bits per heavy atom. The van der Waals surface area contributed by atoms with E-state index in [1.165, 1.54) is 0 Å². The van der Waals surface area contributed by atoms with Crippen LogP contribution in [0, 0.1) is 0 Å². The third kappa shape index (κ3) is 3.73. The van der Waals surface area contributed by atoms with E-state index in [1.807, 2.05) is 30.3 Å². The van der Waals surface area contributed by atoms with Crippen molar-refractivity contribution in [2.45, 2.75) is 25.0 Å². The molecule has 27 heavy (non-hydrogen) atoms. The van der Waals surface area contributed by atoms with Crippen LogP contribution in [0.5, 0.6) is 0 Å². The highest BCUT2D eigenvalue weighted by Gasteiger charge is 2.31. The molecule has 2 heterocycles. The molecule has 0 bridgehead atoms. The number of ether oxygens (including phenoxy) is 1. The van der Waals surface area contributed by atoms with E-state index in [0.717, 1.165) is 11.1 Å². The molecule has 2 aliphatic rings. The standard InChI is InChI=1S/C20H19NO5S/c22-19(21-16-8-9-27(24,25)12-16)14-6-7-17-15(10-14)11-18(26-20(17)23)13-4-2-1-3-5-13/h1-7,10,16,18H,8-9,11-12H2,(H,21,22)/t16-,18-/m1/s1. The monoisotopic (exact) mass is 385 g/mol. The summed E-state index contributed by atoms with van der Waals surface area (Å²) in [6.07, 6.45) is 0.537.